The number of hydrogen-bond donors (Lipinski definition) is 1. The molecule has 2 saturated heterocycles. The molecule has 2 amide bonds. The lowest BCUT2D eigenvalue weighted by Gasteiger charge is -2.31. The summed E-state index contributed by atoms with van der Waals surface area (Å²) < 4.78 is 31.9. The van der Waals surface area contributed by atoms with Gasteiger partial charge in [-0.3, -0.25) is 14.5 Å². The molecule has 1 N–H and O–H groups in total. The van der Waals surface area contributed by atoms with Crippen LogP contribution in [0, 0.1) is 5.92 Å². The van der Waals surface area contributed by atoms with E-state index in [-0.39, 0.29) is 37.9 Å². The van der Waals surface area contributed by atoms with E-state index in [4.69, 9.17) is 14.2 Å². The number of anilines is 2. The molecular weight excluding hydrogens is 487 g/mol. The van der Waals surface area contributed by atoms with Crippen molar-refractivity contribution in [3.05, 3.63) is 23.8 Å². The van der Waals surface area contributed by atoms with E-state index < -0.39 is 37.7 Å². The zero-order chi connectivity index (χ0) is 26.3. The molecular formula is C25H35FN2O7Si. The number of methoxy groups -OCH3 is 1. The number of hydrogen-bond acceptors (Lipinski definition) is 7. The zero-order valence-electron chi connectivity index (χ0n) is 21.3. The summed E-state index contributed by atoms with van der Waals surface area (Å²) in [5, 5.41) is 9.69. The molecule has 3 heterocycles. The number of fused-ring (bicyclic) bond motifs is 2. The molecule has 0 saturated carbocycles. The van der Waals surface area contributed by atoms with Crippen LogP contribution in [0.4, 0.5) is 20.3 Å². The molecule has 0 bridgehead atoms. The number of rotatable bonds is 9. The molecule has 4 rings (SSSR count). The Morgan fingerprint density at radius 3 is 2.67 bits per heavy atom. The molecule has 0 radical (unpaired) electrons. The summed E-state index contributed by atoms with van der Waals surface area (Å²) in [6.07, 6.45) is 0.540. The topological polar surface area (TPSA) is 106 Å². The summed E-state index contributed by atoms with van der Waals surface area (Å²) >= 11 is 0. The number of nitrogens with zero attached hydrogens (tertiary/aromatic N) is 2. The molecule has 9 nitrogen and oxygen atoms in total. The molecule has 3 aliphatic rings. The number of amides is 2. The number of unbranched alkanes of at least 4 members (excludes halogenated alkanes) is 1. The average Bonchev–Trinajstić information content (AvgIpc) is 3.45. The van der Waals surface area contributed by atoms with Gasteiger partial charge in [0.2, 0.25) is 8.41 Å². The van der Waals surface area contributed by atoms with E-state index in [2.05, 4.69) is 0 Å². The van der Waals surface area contributed by atoms with Gasteiger partial charge >= 0.3 is 12.1 Å². The highest BCUT2D eigenvalue weighted by molar-refractivity contribution is 6.72. The molecule has 0 aromatic heterocycles. The van der Waals surface area contributed by atoms with Crippen LogP contribution in [0.3, 0.4) is 0 Å². The normalized spacial score (nSPS) is 27.7. The zero-order valence-corrected chi connectivity index (χ0v) is 22.3. The Bertz CT molecular complexity index is 1030. The maximum Gasteiger partial charge on any atom is 0.414 e. The second-order valence-electron chi connectivity index (χ2n) is 10.2. The van der Waals surface area contributed by atoms with Gasteiger partial charge in [0.25, 0.3) is 5.91 Å². The Morgan fingerprint density at radius 2 is 2.06 bits per heavy atom. The number of carbonyl (C=O) groups excluding carboxylic acids is 3. The highest BCUT2D eigenvalue weighted by atomic mass is 28.4. The van der Waals surface area contributed by atoms with Crippen LogP contribution in [0.5, 0.6) is 0 Å². The van der Waals surface area contributed by atoms with E-state index in [1.54, 1.807) is 36.2 Å². The van der Waals surface area contributed by atoms with Gasteiger partial charge in [-0.15, -0.1) is 0 Å². The van der Waals surface area contributed by atoms with Crippen molar-refractivity contribution in [3.63, 3.8) is 0 Å². The van der Waals surface area contributed by atoms with Crippen LogP contribution in [-0.2, 0) is 29.4 Å². The maximum atomic E-state index is 15.6. The second-order valence-corrected chi connectivity index (χ2v) is 14.0. The lowest BCUT2D eigenvalue weighted by atomic mass is 9.82. The van der Waals surface area contributed by atoms with Crippen molar-refractivity contribution in [2.24, 2.45) is 5.92 Å². The van der Waals surface area contributed by atoms with Gasteiger partial charge in [0.05, 0.1) is 25.4 Å². The third kappa shape index (κ3) is 4.41. The summed E-state index contributed by atoms with van der Waals surface area (Å²) in [6, 6.07) is 5.36. The van der Waals surface area contributed by atoms with Crippen LogP contribution < -0.4 is 9.80 Å². The first kappa shape index (κ1) is 26.6. The fourth-order valence-electron chi connectivity index (χ4n) is 6.09. The van der Waals surface area contributed by atoms with Gasteiger partial charge in [0, 0.05) is 42.3 Å². The SMILES string of the molecule is COC(=O)CCCCN1C(=O)[C@]2(O[C@H](CCO)[C@@H]([Si](C)(C)F)[C@@H]2C)c2cc(N3CCOC3=O)ccc21. The average molecular weight is 523 g/mol. The van der Waals surface area contributed by atoms with Crippen molar-refractivity contribution in [2.75, 3.05) is 43.2 Å². The molecule has 0 aliphatic carbocycles. The minimum Gasteiger partial charge on any atom is -0.469 e. The molecule has 36 heavy (non-hydrogen) atoms. The first-order valence-corrected chi connectivity index (χ1v) is 15.5. The summed E-state index contributed by atoms with van der Waals surface area (Å²) in [5.74, 6) is -1.06. The minimum absolute atomic E-state index is 0.174. The second kappa shape index (κ2) is 10.1. The number of cyclic esters (lactones) is 1. The number of carbonyl (C=O) groups is 3. The number of ether oxygens (including phenoxy) is 3. The fourth-order valence-corrected chi connectivity index (χ4v) is 8.63. The Morgan fingerprint density at radius 1 is 1.31 bits per heavy atom. The van der Waals surface area contributed by atoms with Crippen LogP contribution in [0.2, 0.25) is 18.6 Å². The highest BCUT2D eigenvalue weighted by Crippen LogP contribution is 2.60. The third-order valence-electron chi connectivity index (χ3n) is 7.67. The van der Waals surface area contributed by atoms with Crippen LogP contribution in [0.1, 0.15) is 38.2 Å². The number of benzene rings is 1. The Hall–Kier alpha value is -2.50. The predicted octanol–water partition coefficient (Wildman–Crippen LogP) is 3.49. The van der Waals surface area contributed by atoms with Gasteiger partial charge in [-0.05, 0) is 50.6 Å². The Balaban J connectivity index is 1.74. The number of aliphatic hydroxyl groups is 1. The van der Waals surface area contributed by atoms with Gasteiger partial charge in [-0.2, -0.15) is 0 Å². The molecule has 1 aromatic rings. The molecule has 4 atom stereocenters. The van der Waals surface area contributed by atoms with E-state index in [0.29, 0.717) is 42.9 Å². The third-order valence-corrected chi connectivity index (χ3v) is 10.1. The first-order valence-electron chi connectivity index (χ1n) is 12.5. The van der Waals surface area contributed by atoms with E-state index >= 15 is 4.11 Å². The number of esters is 1. The highest BCUT2D eigenvalue weighted by Gasteiger charge is 2.66. The molecule has 1 spiro atoms. The predicted molar refractivity (Wildman–Crippen MR) is 133 cm³/mol. The van der Waals surface area contributed by atoms with Crippen molar-refractivity contribution >= 4 is 37.8 Å². The van der Waals surface area contributed by atoms with Gasteiger partial charge in [-0.1, -0.05) is 6.92 Å². The summed E-state index contributed by atoms with van der Waals surface area (Å²) in [4.78, 5) is 41.1. The fraction of sp³-hybridized carbons (Fsp3) is 0.640. The van der Waals surface area contributed by atoms with Gasteiger partial charge in [-0.25, -0.2) is 4.79 Å². The molecule has 1 aromatic carbocycles. The van der Waals surface area contributed by atoms with E-state index in [1.165, 1.54) is 12.0 Å². The van der Waals surface area contributed by atoms with Gasteiger partial charge < -0.3 is 28.3 Å². The molecule has 0 unspecified atom stereocenters. The molecule has 11 heteroatoms. The quantitative estimate of drug-likeness (QED) is 0.229. The Labute approximate surface area is 211 Å². The Kier molecular flexibility index (Phi) is 7.45. The minimum atomic E-state index is -3.29. The first-order chi connectivity index (χ1) is 17.1. The van der Waals surface area contributed by atoms with Crippen molar-refractivity contribution in [3.8, 4) is 0 Å². The number of aliphatic hydroxyl groups excluding tert-OH is 1. The summed E-state index contributed by atoms with van der Waals surface area (Å²) in [7, 11) is -1.95. The van der Waals surface area contributed by atoms with Crippen LogP contribution >= 0.6 is 0 Å². The van der Waals surface area contributed by atoms with Crippen molar-refractivity contribution in [1.29, 1.82) is 0 Å². The van der Waals surface area contributed by atoms with Crippen LogP contribution in [-0.4, -0.2) is 71.0 Å². The van der Waals surface area contributed by atoms with Crippen molar-refractivity contribution < 1.29 is 37.8 Å². The lowest BCUT2D eigenvalue weighted by Crippen LogP contribution is -2.45. The van der Waals surface area contributed by atoms with Crippen LogP contribution in [0.15, 0.2) is 18.2 Å². The van der Waals surface area contributed by atoms with Crippen LogP contribution in [0.25, 0.3) is 0 Å². The van der Waals surface area contributed by atoms with E-state index in [0.717, 1.165) is 0 Å². The molecule has 198 valence electrons. The summed E-state index contributed by atoms with van der Waals surface area (Å²) in [6.45, 7) is 5.94. The standard InChI is InChI=1S/C25H35FN2O7Si/c1-16-22(36(3,4)26)20(10-13-29)35-25(16)18-15-17(27-12-14-34-24(27)32)8-9-19(18)28(23(25)31)11-6-5-7-21(30)33-2/h8-9,15-16,20,22,29H,5-7,10-14H2,1-4H3/t16-,20+,22-,25+/m0/s1. The lowest BCUT2D eigenvalue weighted by molar-refractivity contribution is -0.146. The number of halogens is 1. The van der Waals surface area contributed by atoms with E-state index in [1.807, 2.05) is 6.92 Å². The smallest absolute Gasteiger partial charge is 0.414 e. The van der Waals surface area contributed by atoms with Crippen molar-refractivity contribution in [1.82, 2.24) is 0 Å². The summed E-state index contributed by atoms with van der Waals surface area (Å²) in [5.41, 5.74) is -0.0679. The monoisotopic (exact) mass is 522 g/mol. The van der Waals surface area contributed by atoms with Crippen molar-refractivity contribution in [2.45, 2.75) is 62.9 Å². The molecule has 2 fully saturated rings. The largest absolute Gasteiger partial charge is 0.469 e. The van der Waals surface area contributed by atoms with Gasteiger partial charge in [0.15, 0.2) is 5.60 Å². The van der Waals surface area contributed by atoms with Gasteiger partial charge in [0.1, 0.15) is 6.61 Å². The maximum absolute atomic E-state index is 15.6. The van der Waals surface area contributed by atoms with E-state index in [9.17, 15) is 19.5 Å². The molecule has 3 aliphatic heterocycles.